The van der Waals surface area contributed by atoms with Gasteiger partial charge in [-0.3, -0.25) is 9.78 Å². The van der Waals surface area contributed by atoms with Gasteiger partial charge in [0.05, 0.1) is 18.8 Å². The number of nitrogens with zero attached hydrogens (tertiary/aromatic N) is 5. The number of aliphatic hydroxyl groups excluding tert-OH is 1. The van der Waals surface area contributed by atoms with Crippen molar-refractivity contribution in [3.8, 4) is 11.5 Å². The first-order chi connectivity index (χ1) is 11.6. The Balaban J connectivity index is 2.00. The Morgan fingerprint density at radius 3 is 2.83 bits per heavy atom. The van der Waals surface area contributed by atoms with Crippen LogP contribution in [0.4, 0.5) is 5.82 Å². The van der Waals surface area contributed by atoms with Crippen LogP contribution in [0.15, 0.2) is 24.4 Å². The third-order valence-corrected chi connectivity index (χ3v) is 4.04. The summed E-state index contributed by atoms with van der Waals surface area (Å²) in [6.45, 7) is 0.935. The average Bonchev–Trinajstić information content (AvgIpc) is 2.61. The van der Waals surface area contributed by atoms with Crippen molar-refractivity contribution in [2.45, 2.75) is 19.4 Å². The topological polar surface area (TPSA) is 82.5 Å². The van der Waals surface area contributed by atoms with E-state index in [1.54, 1.807) is 11.1 Å². The Bertz CT molecular complexity index is 733. The van der Waals surface area contributed by atoms with Gasteiger partial charge in [-0.1, -0.05) is 6.07 Å². The fourth-order valence-corrected chi connectivity index (χ4v) is 2.86. The number of fused-ring (bicyclic) bond motifs is 1. The molecule has 3 rings (SSSR count). The maximum atomic E-state index is 12.1. The van der Waals surface area contributed by atoms with Crippen molar-refractivity contribution in [1.82, 2.24) is 19.9 Å². The number of aliphatic hydroxyl groups is 1. The van der Waals surface area contributed by atoms with E-state index in [0.29, 0.717) is 31.0 Å². The van der Waals surface area contributed by atoms with Crippen LogP contribution in [-0.4, -0.2) is 58.1 Å². The summed E-state index contributed by atoms with van der Waals surface area (Å²) in [6, 6.07) is 5.63. The normalized spacial score (nSPS) is 13.5. The van der Waals surface area contributed by atoms with Gasteiger partial charge in [0.1, 0.15) is 11.5 Å². The summed E-state index contributed by atoms with van der Waals surface area (Å²) in [5, 5.41) is 8.98. The van der Waals surface area contributed by atoms with E-state index in [9.17, 15) is 4.79 Å². The molecule has 0 radical (unpaired) electrons. The number of carbonyl (C=O) groups excluding carboxylic acids is 1. The number of rotatable bonds is 4. The molecule has 3 heterocycles. The number of carbonyl (C=O) groups is 1. The smallest absolute Gasteiger partial charge is 0.225 e. The lowest BCUT2D eigenvalue weighted by Gasteiger charge is -2.30. The van der Waals surface area contributed by atoms with Crippen LogP contribution in [0.5, 0.6) is 0 Å². The van der Waals surface area contributed by atoms with Gasteiger partial charge in [-0.05, 0) is 18.6 Å². The molecule has 0 saturated heterocycles. The van der Waals surface area contributed by atoms with E-state index >= 15 is 0 Å². The van der Waals surface area contributed by atoms with Crippen LogP contribution in [0.25, 0.3) is 11.5 Å². The Hall–Kier alpha value is -2.54. The second kappa shape index (κ2) is 6.92. The van der Waals surface area contributed by atoms with Gasteiger partial charge < -0.3 is 14.9 Å². The SMILES string of the molecule is CN(C)c1nc(-c2ccccn2)nc2c1CCN(C(=O)CCO)C2. The van der Waals surface area contributed by atoms with Crippen LogP contribution in [0, 0.1) is 0 Å². The summed E-state index contributed by atoms with van der Waals surface area (Å²) in [5.74, 6) is 1.39. The molecule has 1 amide bonds. The molecule has 2 aromatic heterocycles. The highest BCUT2D eigenvalue weighted by Gasteiger charge is 2.26. The summed E-state index contributed by atoms with van der Waals surface area (Å²) < 4.78 is 0. The lowest BCUT2D eigenvalue weighted by Crippen LogP contribution is -2.37. The maximum Gasteiger partial charge on any atom is 0.225 e. The van der Waals surface area contributed by atoms with Gasteiger partial charge in [0.25, 0.3) is 0 Å². The van der Waals surface area contributed by atoms with Crippen molar-refractivity contribution in [2.75, 3.05) is 32.1 Å². The lowest BCUT2D eigenvalue weighted by atomic mass is 10.0. The van der Waals surface area contributed by atoms with E-state index in [2.05, 4.69) is 15.0 Å². The van der Waals surface area contributed by atoms with Gasteiger partial charge in [0, 0.05) is 38.8 Å². The minimum Gasteiger partial charge on any atom is -0.396 e. The monoisotopic (exact) mass is 327 g/mol. The fraction of sp³-hybridized carbons (Fsp3) is 0.412. The molecule has 1 aliphatic heterocycles. The highest BCUT2D eigenvalue weighted by molar-refractivity contribution is 5.76. The summed E-state index contributed by atoms with van der Waals surface area (Å²) in [7, 11) is 3.90. The van der Waals surface area contributed by atoms with Crippen LogP contribution < -0.4 is 4.90 Å². The minimum atomic E-state index is -0.131. The van der Waals surface area contributed by atoms with Crippen LogP contribution in [-0.2, 0) is 17.8 Å². The van der Waals surface area contributed by atoms with Gasteiger partial charge >= 0.3 is 0 Å². The molecule has 0 spiro atoms. The molecule has 0 bridgehead atoms. The fourth-order valence-electron chi connectivity index (χ4n) is 2.86. The zero-order valence-corrected chi connectivity index (χ0v) is 13.9. The summed E-state index contributed by atoms with van der Waals surface area (Å²) >= 11 is 0. The number of aromatic nitrogens is 3. The predicted molar refractivity (Wildman–Crippen MR) is 90.4 cm³/mol. The lowest BCUT2D eigenvalue weighted by molar-refractivity contribution is -0.132. The molecule has 2 aromatic rings. The van der Waals surface area contributed by atoms with E-state index in [0.717, 1.165) is 17.1 Å². The van der Waals surface area contributed by atoms with Crippen molar-refractivity contribution < 1.29 is 9.90 Å². The first-order valence-corrected chi connectivity index (χ1v) is 7.97. The van der Waals surface area contributed by atoms with E-state index in [-0.39, 0.29) is 18.9 Å². The van der Waals surface area contributed by atoms with Crippen molar-refractivity contribution >= 4 is 11.7 Å². The third-order valence-electron chi connectivity index (χ3n) is 4.04. The van der Waals surface area contributed by atoms with E-state index in [1.807, 2.05) is 37.2 Å². The Kier molecular flexibility index (Phi) is 4.71. The number of hydrogen-bond donors (Lipinski definition) is 1. The Morgan fingerprint density at radius 2 is 2.17 bits per heavy atom. The van der Waals surface area contributed by atoms with E-state index < -0.39 is 0 Å². The van der Waals surface area contributed by atoms with Crippen LogP contribution in [0.1, 0.15) is 17.7 Å². The third kappa shape index (κ3) is 3.21. The molecule has 0 fully saturated rings. The summed E-state index contributed by atoms with van der Waals surface area (Å²) in [4.78, 5) is 29.5. The molecule has 24 heavy (non-hydrogen) atoms. The molecular formula is C17H21N5O2. The molecule has 0 saturated carbocycles. The van der Waals surface area contributed by atoms with Crippen molar-refractivity contribution in [3.63, 3.8) is 0 Å². The second-order valence-corrected chi connectivity index (χ2v) is 5.94. The van der Waals surface area contributed by atoms with Crippen molar-refractivity contribution in [1.29, 1.82) is 0 Å². The first-order valence-electron chi connectivity index (χ1n) is 7.97. The van der Waals surface area contributed by atoms with Crippen LogP contribution >= 0.6 is 0 Å². The largest absolute Gasteiger partial charge is 0.396 e. The van der Waals surface area contributed by atoms with Gasteiger partial charge in [0.15, 0.2) is 5.82 Å². The Morgan fingerprint density at radius 1 is 1.33 bits per heavy atom. The molecule has 0 unspecified atom stereocenters. The van der Waals surface area contributed by atoms with Crippen molar-refractivity contribution in [2.24, 2.45) is 0 Å². The highest BCUT2D eigenvalue weighted by Crippen LogP contribution is 2.28. The maximum absolute atomic E-state index is 12.1. The number of hydrogen-bond acceptors (Lipinski definition) is 6. The number of amides is 1. The number of pyridine rings is 1. The zero-order valence-electron chi connectivity index (χ0n) is 13.9. The molecule has 7 heteroatoms. The van der Waals surface area contributed by atoms with Gasteiger partial charge in [-0.25, -0.2) is 9.97 Å². The molecule has 1 aliphatic rings. The van der Waals surface area contributed by atoms with Gasteiger partial charge in [-0.2, -0.15) is 0 Å². The van der Waals surface area contributed by atoms with Crippen LogP contribution in [0.3, 0.4) is 0 Å². The van der Waals surface area contributed by atoms with Gasteiger partial charge in [-0.15, -0.1) is 0 Å². The summed E-state index contributed by atoms with van der Waals surface area (Å²) in [5.41, 5.74) is 2.64. The minimum absolute atomic E-state index is 0.0486. The Labute approximate surface area is 141 Å². The van der Waals surface area contributed by atoms with Crippen LogP contribution in [0.2, 0.25) is 0 Å². The second-order valence-electron chi connectivity index (χ2n) is 5.94. The zero-order chi connectivity index (χ0) is 17.1. The average molecular weight is 327 g/mol. The molecular weight excluding hydrogens is 306 g/mol. The van der Waals surface area contributed by atoms with Crippen molar-refractivity contribution in [3.05, 3.63) is 35.7 Å². The first kappa shape index (κ1) is 16.3. The molecule has 126 valence electrons. The van der Waals surface area contributed by atoms with Gasteiger partial charge in [0.2, 0.25) is 5.91 Å². The van der Waals surface area contributed by atoms with E-state index in [4.69, 9.17) is 5.11 Å². The van der Waals surface area contributed by atoms with E-state index in [1.165, 1.54) is 0 Å². The standard InChI is InChI=1S/C17H21N5O2/c1-21(2)17-12-6-9-22(15(24)7-10-23)11-14(12)19-16(20-17)13-5-3-4-8-18-13/h3-5,8,23H,6-7,9-11H2,1-2H3. The highest BCUT2D eigenvalue weighted by atomic mass is 16.3. The molecule has 7 nitrogen and oxygen atoms in total. The molecule has 0 aromatic carbocycles. The molecule has 0 atom stereocenters. The quantitative estimate of drug-likeness (QED) is 0.897. The molecule has 0 aliphatic carbocycles. The molecule has 1 N–H and O–H groups in total. The number of anilines is 1. The predicted octanol–water partition coefficient (Wildman–Crippen LogP) is 0.872. The summed E-state index contributed by atoms with van der Waals surface area (Å²) in [6.07, 6.45) is 2.57.